The summed E-state index contributed by atoms with van der Waals surface area (Å²) in [5.74, 6) is 1.25. The van der Waals surface area contributed by atoms with Crippen LogP contribution in [0.15, 0.2) is 12.1 Å². The summed E-state index contributed by atoms with van der Waals surface area (Å²) < 4.78 is 15.6. The Labute approximate surface area is 127 Å². The van der Waals surface area contributed by atoms with Crippen LogP contribution < -0.4 is 19.5 Å². The van der Waals surface area contributed by atoms with Gasteiger partial charge in [-0.15, -0.1) is 0 Å². The molecule has 112 valence electrons. The molecular weight excluding hydrogens is 326 g/mol. The summed E-state index contributed by atoms with van der Waals surface area (Å²) in [5.41, 5.74) is 0.418. The quantitative estimate of drug-likeness (QED) is 0.771. The van der Waals surface area contributed by atoms with Crippen molar-refractivity contribution in [2.24, 2.45) is 0 Å². The van der Waals surface area contributed by atoms with Gasteiger partial charge in [0, 0.05) is 23.5 Å². The second-order valence-electron chi connectivity index (χ2n) is 4.12. The van der Waals surface area contributed by atoms with E-state index in [4.69, 9.17) is 14.2 Å². The predicted molar refractivity (Wildman–Crippen MR) is 81.4 cm³/mol. The Morgan fingerprint density at radius 2 is 1.70 bits per heavy atom. The molecule has 6 heteroatoms. The molecule has 0 radical (unpaired) electrons. The molecule has 1 atom stereocenters. The standard InChI is InChI=1S/C14H20BrNO4/c1-5-9(15)8-16-14(17)10-6-12(19-3)13(20-4)7-11(10)18-2/h6-7,9H,5,8H2,1-4H3,(H,16,17). The summed E-state index contributed by atoms with van der Waals surface area (Å²) in [6, 6.07) is 3.25. The van der Waals surface area contributed by atoms with Gasteiger partial charge in [-0.05, 0) is 6.42 Å². The second-order valence-corrected chi connectivity index (χ2v) is 5.42. The highest BCUT2D eigenvalue weighted by Gasteiger charge is 2.18. The molecule has 1 N–H and O–H groups in total. The van der Waals surface area contributed by atoms with E-state index in [0.717, 1.165) is 6.42 Å². The number of hydrogen-bond donors (Lipinski definition) is 1. The normalized spacial score (nSPS) is 11.7. The van der Waals surface area contributed by atoms with Gasteiger partial charge in [-0.2, -0.15) is 0 Å². The van der Waals surface area contributed by atoms with Crippen LogP contribution in [0.5, 0.6) is 17.2 Å². The van der Waals surface area contributed by atoms with Crippen molar-refractivity contribution >= 4 is 21.8 Å². The second kappa shape index (κ2) is 7.99. The topological polar surface area (TPSA) is 56.8 Å². The highest BCUT2D eigenvalue weighted by molar-refractivity contribution is 9.09. The molecule has 5 nitrogen and oxygen atoms in total. The largest absolute Gasteiger partial charge is 0.496 e. The molecule has 0 saturated heterocycles. The van der Waals surface area contributed by atoms with E-state index in [0.29, 0.717) is 29.4 Å². The number of methoxy groups -OCH3 is 3. The smallest absolute Gasteiger partial charge is 0.255 e. The molecule has 0 bridgehead atoms. The molecule has 1 amide bonds. The van der Waals surface area contributed by atoms with E-state index in [1.165, 1.54) is 21.3 Å². The number of carbonyl (C=O) groups is 1. The lowest BCUT2D eigenvalue weighted by Gasteiger charge is -2.14. The number of carbonyl (C=O) groups excluding carboxylic acids is 1. The molecule has 1 unspecified atom stereocenters. The molecule has 0 saturated carbocycles. The summed E-state index contributed by atoms with van der Waals surface area (Å²) in [7, 11) is 4.57. The van der Waals surface area contributed by atoms with E-state index in [2.05, 4.69) is 21.2 Å². The van der Waals surface area contributed by atoms with Crippen molar-refractivity contribution in [1.82, 2.24) is 5.32 Å². The lowest BCUT2D eigenvalue weighted by Crippen LogP contribution is -2.29. The Morgan fingerprint density at radius 3 is 2.20 bits per heavy atom. The number of nitrogens with one attached hydrogen (secondary N) is 1. The zero-order valence-corrected chi connectivity index (χ0v) is 13.7. The lowest BCUT2D eigenvalue weighted by atomic mass is 10.1. The number of rotatable bonds is 7. The average molecular weight is 346 g/mol. The first-order chi connectivity index (χ1) is 9.57. The molecular formula is C14H20BrNO4. The summed E-state index contributed by atoms with van der Waals surface area (Å²) in [6.07, 6.45) is 0.934. The molecule has 0 heterocycles. The van der Waals surface area contributed by atoms with Crippen molar-refractivity contribution in [3.8, 4) is 17.2 Å². The molecule has 0 spiro atoms. The van der Waals surface area contributed by atoms with Crippen LogP contribution in [-0.4, -0.2) is 38.6 Å². The zero-order valence-electron chi connectivity index (χ0n) is 12.2. The highest BCUT2D eigenvalue weighted by Crippen LogP contribution is 2.34. The Bertz CT molecular complexity index is 465. The number of ether oxygens (including phenoxy) is 3. The fourth-order valence-electron chi connectivity index (χ4n) is 1.65. The van der Waals surface area contributed by atoms with Gasteiger partial charge >= 0.3 is 0 Å². The average Bonchev–Trinajstić information content (AvgIpc) is 2.50. The van der Waals surface area contributed by atoms with Crippen molar-refractivity contribution in [2.45, 2.75) is 18.2 Å². The van der Waals surface area contributed by atoms with Crippen LogP contribution in [0, 0.1) is 0 Å². The van der Waals surface area contributed by atoms with Gasteiger partial charge in [0.05, 0.1) is 26.9 Å². The highest BCUT2D eigenvalue weighted by atomic mass is 79.9. The van der Waals surface area contributed by atoms with Crippen LogP contribution in [0.3, 0.4) is 0 Å². The fraction of sp³-hybridized carbons (Fsp3) is 0.500. The van der Waals surface area contributed by atoms with E-state index in [9.17, 15) is 4.79 Å². The van der Waals surface area contributed by atoms with Crippen LogP contribution in [-0.2, 0) is 0 Å². The minimum atomic E-state index is -0.208. The van der Waals surface area contributed by atoms with E-state index in [1.807, 2.05) is 6.92 Å². The molecule has 20 heavy (non-hydrogen) atoms. The molecule has 1 rings (SSSR count). The Morgan fingerprint density at radius 1 is 1.15 bits per heavy atom. The molecule has 0 aliphatic carbocycles. The third-order valence-corrected chi connectivity index (χ3v) is 3.85. The van der Waals surface area contributed by atoms with E-state index < -0.39 is 0 Å². The first-order valence-electron chi connectivity index (χ1n) is 6.29. The van der Waals surface area contributed by atoms with Gasteiger partial charge < -0.3 is 19.5 Å². The van der Waals surface area contributed by atoms with Gasteiger partial charge in [0.25, 0.3) is 5.91 Å². The van der Waals surface area contributed by atoms with E-state index >= 15 is 0 Å². The van der Waals surface area contributed by atoms with Crippen LogP contribution in [0.1, 0.15) is 23.7 Å². The first-order valence-corrected chi connectivity index (χ1v) is 7.21. The molecule has 0 aliphatic heterocycles. The van der Waals surface area contributed by atoms with Crippen LogP contribution in [0.2, 0.25) is 0 Å². The van der Waals surface area contributed by atoms with Crippen LogP contribution in [0.4, 0.5) is 0 Å². The van der Waals surface area contributed by atoms with Crippen LogP contribution >= 0.6 is 15.9 Å². The van der Waals surface area contributed by atoms with Gasteiger partial charge in [-0.3, -0.25) is 4.79 Å². The van der Waals surface area contributed by atoms with E-state index in [-0.39, 0.29) is 10.7 Å². The van der Waals surface area contributed by atoms with Crippen molar-refractivity contribution in [1.29, 1.82) is 0 Å². The third-order valence-electron chi connectivity index (χ3n) is 2.88. The number of halogens is 1. The Kier molecular flexibility index (Phi) is 6.64. The van der Waals surface area contributed by atoms with Gasteiger partial charge in [-0.1, -0.05) is 22.9 Å². The van der Waals surface area contributed by atoms with Gasteiger partial charge in [0.1, 0.15) is 5.75 Å². The van der Waals surface area contributed by atoms with Crippen molar-refractivity contribution in [3.05, 3.63) is 17.7 Å². The predicted octanol–water partition coefficient (Wildman–Crippen LogP) is 2.62. The molecule has 1 aromatic rings. The van der Waals surface area contributed by atoms with Crippen molar-refractivity contribution in [3.63, 3.8) is 0 Å². The molecule has 0 aliphatic rings. The summed E-state index contributed by atoms with van der Waals surface area (Å²) in [4.78, 5) is 12.5. The molecule has 1 aromatic carbocycles. The first kappa shape index (κ1) is 16.6. The SMILES string of the molecule is CCC(Br)CNC(=O)c1cc(OC)c(OC)cc1OC. The summed E-state index contributed by atoms with van der Waals surface area (Å²) >= 11 is 3.47. The monoisotopic (exact) mass is 345 g/mol. The lowest BCUT2D eigenvalue weighted by molar-refractivity contribution is 0.0950. The van der Waals surface area contributed by atoms with Gasteiger partial charge in [0.2, 0.25) is 0 Å². The maximum Gasteiger partial charge on any atom is 0.255 e. The summed E-state index contributed by atoms with van der Waals surface area (Å²) in [6.45, 7) is 2.59. The fourth-order valence-corrected chi connectivity index (χ4v) is 1.81. The number of hydrogen-bond acceptors (Lipinski definition) is 4. The number of benzene rings is 1. The van der Waals surface area contributed by atoms with Crippen molar-refractivity contribution in [2.75, 3.05) is 27.9 Å². The maximum atomic E-state index is 12.2. The number of alkyl halides is 1. The third kappa shape index (κ3) is 4.03. The van der Waals surface area contributed by atoms with Gasteiger partial charge in [0.15, 0.2) is 11.5 Å². The molecule has 0 aromatic heterocycles. The van der Waals surface area contributed by atoms with Crippen LogP contribution in [0.25, 0.3) is 0 Å². The van der Waals surface area contributed by atoms with E-state index in [1.54, 1.807) is 12.1 Å². The summed E-state index contributed by atoms with van der Waals surface area (Å²) in [5, 5.41) is 2.85. The molecule has 0 fully saturated rings. The Balaban J connectivity index is 3.00. The zero-order chi connectivity index (χ0) is 15.1. The maximum absolute atomic E-state index is 12.2. The minimum Gasteiger partial charge on any atom is -0.496 e. The minimum absolute atomic E-state index is 0.208. The Hall–Kier alpha value is -1.43. The number of amides is 1. The van der Waals surface area contributed by atoms with Crippen molar-refractivity contribution < 1.29 is 19.0 Å². The van der Waals surface area contributed by atoms with Gasteiger partial charge in [-0.25, -0.2) is 0 Å².